The smallest absolute Gasteiger partial charge is 0.329 e. The number of carbonyl (C=O) groups excluding carboxylic acids is 2. The second-order valence-electron chi connectivity index (χ2n) is 5.76. The molecule has 9 heteroatoms. The number of ether oxygens (including phenoxy) is 1. The Kier molecular flexibility index (Phi) is 5.67. The summed E-state index contributed by atoms with van der Waals surface area (Å²) in [6.07, 6.45) is 0. The Balaban J connectivity index is 1.99. The zero-order valence-electron chi connectivity index (χ0n) is 14.2. The van der Waals surface area contributed by atoms with Crippen molar-refractivity contribution >= 4 is 40.9 Å². The fourth-order valence-electron chi connectivity index (χ4n) is 2.86. The molecule has 0 spiro atoms. The molecule has 0 aliphatic carbocycles. The molecule has 2 aromatic carbocycles. The Morgan fingerprint density at radius 3 is 2.48 bits per heavy atom. The van der Waals surface area contributed by atoms with Gasteiger partial charge < -0.3 is 9.64 Å². The lowest BCUT2D eigenvalue weighted by Crippen LogP contribution is -2.43. The zero-order valence-corrected chi connectivity index (χ0v) is 15.8. The van der Waals surface area contributed by atoms with Crippen LogP contribution in [0.15, 0.2) is 48.5 Å². The van der Waals surface area contributed by atoms with Gasteiger partial charge in [0.1, 0.15) is 11.4 Å². The van der Waals surface area contributed by atoms with Crippen molar-refractivity contribution in [3.05, 3.63) is 74.8 Å². The van der Waals surface area contributed by atoms with Crippen LogP contribution in [0.3, 0.4) is 0 Å². The minimum absolute atomic E-state index is 0.116. The van der Waals surface area contributed by atoms with E-state index in [2.05, 4.69) is 0 Å². The zero-order chi connectivity index (χ0) is 19.6. The highest BCUT2D eigenvalue weighted by Gasteiger charge is 2.43. The largest absolute Gasteiger partial charge is 0.467 e. The van der Waals surface area contributed by atoms with Crippen LogP contribution >= 0.6 is 23.4 Å². The molecule has 7 nitrogen and oxygen atoms in total. The van der Waals surface area contributed by atoms with E-state index in [4.69, 9.17) is 16.3 Å². The van der Waals surface area contributed by atoms with E-state index >= 15 is 0 Å². The first-order valence-corrected chi connectivity index (χ1v) is 9.37. The number of carbonyl (C=O) groups is 2. The molecule has 1 saturated heterocycles. The van der Waals surface area contributed by atoms with E-state index < -0.39 is 28.2 Å². The van der Waals surface area contributed by atoms with Gasteiger partial charge in [0.05, 0.1) is 12.0 Å². The van der Waals surface area contributed by atoms with Gasteiger partial charge in [-0.1, -0.05) is 29.8 Å². The number of nitro groups is 1. The van der Waals surface area contributed by atoms with E-state index in [0.717, 1.165) is 0 Å². The molecule has 0 saturated carbocycles. The monoisotopic (exact) mass is 406 g/mol. The van der Waals surface area contributed by atoms with E-state index in [-0.39, 0.29) is 11.3 Å². The van der Waals surface area contributed by atoms with Crippen LogP contribution in [-0.2, 0) is 9.53 Å². The van der Waals surface area contributed by atoms with Crippen LogP contribution in [0.2, 0.25) is 5.02 Å². The summed E-state index contributed by atoms with van der Waals surface area (Å²) >= 11 is 7.71. The molecule has 2 aromatic rings. The average Bonchev–Trinajstić information content (AvgIpc) is 3.12. The number of non-ortho nitro benzene ring substituents is 1. The van der Waals surface area contributed by atoms with E-state index in [1.807, 2.05) is 6.07 Å². The summed E-state index contributed by atoms with van der Waals surface area (Å²) in [7, 11) is 1.27. The highest BCUT2D eigenvalue weighted by molar-refractivity contribution is 7.99. The number of thioether (sulfide) groups is 1. The van der Waals surface area contributed by atoms with Gasteiger partial charge in [0.15, 0.2) is 0 Å². The summed E-state index contributed by atoms with van der Waals surface area (Å²) in [6.45, 7) is 0. The Morgan fingerprint density at radius 2 is 1.89 bits per heavy atom. The van der Waals surface area contributed by atoms with Gasteiger partial charge in [0.2, 0.25) is 0 Å². The van der Waals surface area contributed by atoms with Gasteiger partial charge in [-0.05, 0) is 18.2 Å². The lowest BCUT2D eigenvalue weighted by molar-refractivity contribution is -0.384. The van der Waals surface area contributed by atoms with E-state index in [0.29, 0.717) is 16.3 Å². The molecule has 0 N–H and O–H groups in total. The van der Waals surface area contributed by atoms with Gasteiger partial charge in [0.25, 0.3) is 11.6 Å². The van der Waals surface area contributed by atoms with E-state index in [9.17, 15) is 19.7 Å². The van der Waals surface area contributed by atoms with Crippen LogP contribution in [0.4, 0.5) is 5.69 Å². The normalized spacial score (nSPS) is 19.0. The maximum Gasteiger partial charge on any atom is 0.329 e. The highest BCUT2D eigenvalue weighted by Crippen LogP contribution is 2.44. The molecule has 2 atom stereocenters. The summed E-state index contributed by atoms with van der Waals surface area (Å²) in [5.74, 6) is -0.580. The minimum atomic E-state index is -0.774. The van der Waals surface area contributed by atoms with Crippen LogP contribution in [-0.4, -0.2) is 40.6 Å². The maximum atomic E-state index is 13.1. The van der Waals surface area contributed by atoms with Crippen molar-refractivity contribution in [2.24, 2.45) is 0 Å². The lowest BCUT2D eigenvalue weighted by atomic mass is 10.1. The third kappa shape index (κ3) is 3.77. The first kappa shape index (κ1) is 19.2. The first-order valence-electron chi connectivity index (χ1n) is 7.95. The second-order valence-corrected chi connectivity index (χ2v) is 7.28. The fraction of sp³-hybridized carbons (Fsp3) is 0.222. The molecule has 0 radical (unpaired) electrons. The van der Waals surface area contributed by atoms with Gasteiger partial charge in [-0.15, -0.1) is 11.8 Å². The number of halogens is 1. The predicted octanol–water partition coefficient (Wildman–Crippen LogP) is 3.68. The average molecular weight is 407 g/mol. The SMILES string of the molecule is COC(=O)C1CSC(c2ccccc2Cl)N1C(=O)c1ccc([N+](=O)[O-])cc1. The van der Waals surface area contributed by atoms with Crippen LogP contribution in [0.25, 0.3) is 0 Å². The molecule has 1 aliphatic rings. The van der Waals surface area contributed by atoms with E-state index in [1.54, 1.807) is 18.2 Å². The summed E-state index contributed by atoms with van der Waals surface area (Å²) in [4.78, 5) is 37.1. The summed E-state index contributed by atoms with van der Waals surface area (Å²) in [5.41, 5.74) is 0.842. The third-order valence-electron chi connectivity index (χ3n) is 4.20. The number of nitro benzene ring substituents is 1. The second kappa shape index (κ2) is 7.98. The molecule has 2 unspecified atom stereocenters. The van der Waals surface area contributed by atoms with Crippen molar-refractivity contribution in [1.82, 2.24) is 4.90 Å². The molecule has 140 valence electrons. The number of amides is 1. The van der Waals surface area contributed by atoms with Gasteiger partial charge >= 0.3 is 5.97 Å². The van der Waals surface area contributed by atoms with Gasteiger partial charge in [-0.2, -0.15) is 0 Å². The molecule has 0 aromatic heterocycles. The topological polar surface area (TPSA) is 89.8 Å². The third-order valence-corrected chi connectivity index (χ3v) is 5.85. The fourth-order valence-corrected chi connectivity index (χ4v) is 4.62. The van der Waals surface area contributed by atoms with Gasteiger partial charge in [0, 0.05) is 34.0 Å². The molecule has 27 heavy (non-hydrogen) atoms. The Morgan fingerprint density at radius 1 is 1.22 bits per heavy atom. The van der Waals surface area contributed by atoms with Crippen LogP contribution in [0.5, 0.6) is 0 Å². The van der Waals surface area contributed by atoms with Crippen molar-refractivity contribution in [1.29, 1.82) is 0 Å². The van der Waals surface area contributed by atoms with Crippen molar-refractivity contribution < 1.29 is 19.2 Å². The molecule has 1 amide bonds. The number of methoxy groups -OCH3 is 1. The van der Waals surface area contributed by atoms with Crippen molar-refractivity contribution in [2.75, 3.05) is 12.9 Å². The number of hydrogen-bond acceptors (Lipinski definition) is 6. The standard InChI is InChI=1S/C18H15ClN2O5S/c1-26-18(23)15-10-27-17(13-4-2-3-5-14(13)19)20(15)16(22)11-6-8-12(9-7-11)21(24)25/h2-9,15,17H,10H2,1H3. The van der Waals surface area contributed by atoms with Crippen LogP contribution < -0.4 is 0 Å². The number of hydrogen-bond donors (Lipinski definition) is 0. The number of rotatable bonds is 4. The molecular formula is C18H15ClN2O5S. The molecule has 1 fully saturated rings. The lowest BCUT2D eigenvalue weighted by Gasteiger charge is -2.28. The molecule has 1 heterocycles. The number of esters is 1. The van der Waals surface area contributed by atoms with Crippen LogP contribution in [0.1, 0.15) is 21.3 Å². The summed E-state index contributed by atoms with van der Waals surface area (Å²) < 4.78 is 4.85. The summed E-state index contributed by atoms with van der Waals surface area (Å²) in [5, 5.41) is 10.8. The quantitative estimate of drug-likeness (QED) is 0.437. The maximum absolute atomic E-state index is 13.1. The Hall–Kier alpha value is -2.58. The van der Waals surface area contributed by atoms with E-state index in [1.165, 1.54) is 48.0 Å². The van der Waals surface area contributed by atoms with Gasteiger partial charge in [-0.3, -0.25) is 14.9 Å². The molecule has 3 rings (SSSR count). The number of benzene rings is 2. The van der Waals surface area contributed by atoms with Crippen molar-refractivity contribution in [3.63, 3.8) is 0 Å². The highest BCUT2D eigenvalue weighted by atomic mass is 35.5. The summed E-state index contributed by atoms with van der Waals surface area (Å²) in [6, 6.07) is 11.6. The van der Waals surface area contributed by atoms with Crippen molar-refractivity contribution in [3.8, 4) is 0 Å². The first-order chi connectivity index (χ1) is 12.9. The van der Waals surface area contributed by atoms with Crippen molar-refractivity contribution in [2.45, 2.75) is 11.4 Å². The number of nitrogens with zero attached hydrogens (tertiary/aromatic N) is 2. The Labute approximate surface area is 164 Å². The minimum Gasteiger partial charge on any atom is -0.467 e. The predicted molar refractivity (Wildman–Crippen MR) is 102 cm³/mol. The van der Waals surface area contributed by atoms with Crippen LogP contribution in [0, 0.1) is 10.1 Å². The molecule has 0 bridgehead atoms. The van der Waals surface area contributed by atoms with Gasteiger partial charge in [-0.25, -0.2) is 4.79 Å². The molecule has 1 aliphatic heterocycles. The molecular weight excluding hydrogens is 392 g/mol. The Bertz CT molecular complexity index is 890.